The van der Waals surface area contributed by atoms with Gasteiger partial charge in [-0.05, 0) is 30.7 Å². The molecule has 0 aliphatic carbocycles. The molecule has 0 unspecified atom stereocenters. The van der Waals surface area contributed by atoms with Crippen LogP contribution in [0.1, 0.15) is 23.9 Å². The highest BCUT2D eigenvalue weighted by Crippen LogP contribution is 2.29. The lowest BCUT2D eigenvalue weighted by Gasteiger charge is -2.19. The normalized spacial score (nSPS) is 20.8. The maximum Gasteiger partial charge on any atom is 0.123 e. The van der Waals surface area contributed by atoms with Gasteiger partial charge in [0.15, 0.2) is 0 Å². The van der Waals surface area contributed by atoms with E-state index in [1.165, 1.54) is 0 Å². The van der Waals surface area contributed by atoms with E-state index in [1.807, 2.05) is 37.5 Å². The van der Waals surface area contributed by atoms with Gasteiger partial charge in [0.25, 0.3) is 0 Å². The van der Waals surface area contributed by atoms with Crippen molar-refractivity contribution in [3.05, 3.63) is 59.1 Å². The van der Waals surface area contributed by atoms with E-state index in [4.69, 9.17) is 21.3 Å². The zero-order valence-corrected chi connectivity index (χ0v) is 14.2. The van der Waals surface area contributed by atoms with E-state index < -0.39 is 0 Å². The van der Waals surface area contributed by atoms with Gasteiger partial charge in [0.05, 0.1) is 23.7 Å². The van der Waals surface area contributed by atoms with Crippen LogP contribution in [0.15, 0.2) is 42.7 Å². The van der Waals surface area contributed by atoms with Crippen LogP contribution in [-0.2, 0) is 18.3 Å². The van der Waals surface area contributed by atoms with Gasteiger partial charge in [-0.1, -0.05) is 17.7 Å². The molecule has 3 heterocycles. The highest BCUT2D eigenvalue weighted by molar-refractivity contribution is 6.31. The minimum Gasteiger partial charge on any atom is -0.372 e. The van der Waals surface area contributed by atoms with Crippen molar-refractivity contribution >= 4 is 22.6 Å². The summed E-state index contributed by atoms with van der Waals surface area (Å²) in [5, 5.41) is 4.32. The number of aromatic nitrogens is 3. The van der Waals surface area contributed by atoms with Crippen LogP contribution in [0.4, 0.5) is 0 Å². The topological polar surface area (TPSA) is 52.0 Å². The van der Waals surface area contributed by atoms with Crippen LogP contribution in [-0.4, -0.2) is 27.2 Å². The van der Waals surface area contributed by atoms with E-state index in [0.29, 0.717) is 6.54 Å². The van der Waals surface area contributed by atoms with Crippen molar-refractivity contribution in [1.82, 2.24) is 19.9 Å². The summed E-state index contributed by atoms with van der Waals surface area (Å²) >= 11 is 6.09. The van der Waals surface area contributed by atoms with Crippen LogP contribution in [0.2, 0.25) is 5.02 Å². The number of nitrogens with one attached hydrogen (secondary N) is 1. The molecular formula is C18H19ClN4O. The molecule has 5 nitrogen and oxygen atoms in total. The Hall–Kier alpha value is -1.95. The van der Waals surface area contributed by atoms with Crippen molar-refractivity contribution in [2.75, 3.05) is 6.61 Å². The van der Waals surface area contributed by atoms with Crippen LogP contribution >= 0.6 is 11.6 Å². The van der Waals surface area contributed by atoms with Gasteiger partial charge in [-0.15, -0.1) is 0 Å². The molecule has 1 aromatic carbocycles. The zero-order valence-electron chi connectivity index (χ0n) is 13.4. The van der Waals surface area contributed by atoms with Crippen LogP contribution in [0.25, 0.3) is 11.0 Å². The Morgan fingerprint density at radius 1 is 1.38 bits per heavy atom. The standard InChI is InChI=1S/C18H19ClN4O/c1-23-16-9-13(19)4-5-14(16)22-17(23)11-21-15-6-8-24-18(15)12-3-2-7-20-10-12/h2-5,7,9-10,15,18,21H,6,8,11H2,1H3/t15-,18+/m0/s1. The van der Waals surface area contributed by atoms with Crippen LogP contribution in [0.3, 0.4) is 0 Å². The number of pyridine rings is 1. The first kappa shape index (κ1) is 15.6. The van der Waals surface area contributed by atoms with Crippen molar-refractivity contribution in [3.8, 4) is 0 Å². The third-order valence-corrected chi connectivity index (χ3v) is 4.80. The fourth-order valence-corrected chi connectivity index (χ4v) is 3.43. The van der Waals surface area contributed by atoms with Crippen molar-refractivity contribution in [3.63, 3.8) is 0 Å². The minimum absolute atomic E-state index is 0.0443. The second kappa shape index (κ2) is 6.51. The smallest absolute Gasteiger partial charge is 0.123 e. The molecule has 0 radical (unpaired) electrons. The molecule has 24 heavy (non-hydrogen) atoms. The molecule has 6 heteroatoms. The van der Waals surface area contributed by atoms with E-state index in [0.717, 1.165) is 40.5 Å². The highest BCUT2D eigenvalue weighted by Gasteiger charge is 2.29. The van der Waals surface area contributed by atoms with Gasteiger partial charge < -0.3 is 14.6 Å². The lowest BCUT2D eigenvalue weighted by Crippen LogP contribution is -2.32. The van der Waals surface area contributed by atoms with E-state index in [2.05, 4.69) is 20.9 Å². The second-order valence-electron chi connectivity index (χ2n) is 6.07. The Bertz CT molecular complexity index is 849. The van der Waals surface area contributed by atoms with E-state index in [9.17, 15) is 0 Å². The Morgan fingerprint density at radius 2 is 2.29 bits per heavy atom. The molecule has 2 atom stereocenters. The Labute approximate surface area is 145 Å². The van der Waals surface area contributed by atoms with E-state index in [-0.39, 0.29) is 12.1 Å². The van der Waals surface area contributed by atoms with Crippen LogP contribution < -0.4 is 5.32 Å². The maximum absolute atomic E-state index is 6.09. The van der Waals surface area contributed by atoms with E-state index in [1.54, 1.807) is 6.20 Å². The summed E-state index contributed by atoms with van der Waals surface area (Å²) in [6.07, 6.45) is 4.69. The molecule has 1 N–H and O–H groups in total. The number of benzene rings is 1. The average molecular weight is 343 g/mol. The number of halogens is 1. The molecule has 124 valence electrons. The molecule has 2 aromatic heterocycles. The van der Waals surface area contributed by atoms with Gasteiger partial charge in [-0.25, -0.2) is 4.98 Å². The second-order valence-corrected chi connectivity index (χ2v) is 6.51. The molecule has 4 rings (SSSR count). The van der Waals surface area contributed by atoms with Crippen LogP contribution in [0.5, 0.6) is 0 Å². The number of hydrogen-bond donors (Lipinski definition) is 1. The van der Waals surface area contributed by atoms with Crippen molar-refractivity contribution in [1.29, 1.82) is 0 Å². The van der Waals surface area contributed by atoms with Crippen molar-refractivity contribution in [2.45, 2.75) is 25.1 Å². The summed E-state index contributed by atoms with van der Waals surface area (Å²) in [4.78, 5) is 8.90. The largest absolute Gasteiger partial charge is 0.372 e. The summed E-state index contributed by atoms with van der Waals surface area (Å²) < 4.78 is 7.98. The fraction of sp³-hybridized carbons (Fsp3) is 0.333. The molecule has 0 spiro atoms. The predicted molar refractivity (Wildman–Crippen MR) is 93.9 cm³/mol. The summed E-state index contributed by atoms with van der Waals surface area (Å²) in [6, 6.07) is 10.1. The highest BCUT2D eigenvalue weighted by atomic mass is 35.5. The van der Waals surface area contributed by atoms with Gasteiger partial charge in [-0.2, -0.15) is 0 Å². The van der Waals surface area contributed by atoms with Gasteiger partial charge >= 0.3 is 0 Å². The SMILES string of the molecule is Cn1c(CN[C@H]2CCO[C@@H]2c2cccnc2)nc2ccc(Cl)cc21. The molecule has 3 aromatic rings. The lowest BCUT2D eigenvalue weighted by molar-refractivity contribution is 0.0980. The summed E-state index contributed by atoms with van der Waals surface area (Å²) in [7, 11) is 2.02. The lowest BCUT2D eigenvalue weighted by atomic mass is 10.0. The number of hydrogen-bond acceptors (Lipinski definition) is 4. The summed E-state index contributed by atoms with van der Waals surface area (Å²) in [5.41, 5.74) is 3.13. The monoisotopic (exact) mass is 342 g/mol. The van der Waals surface area contributed by atoms with Gasteiger partial charge in [0.2, 0.25) is 0 Å². The quantitative estimate of drug-likeness (QED) is 0.790. The third-order valence-electron chi connectivity index (χ3n) is 4.56. The number of aryl methyl sites for hydroxylation is 1. The van der Waals surface area contributed by atoms with Crippen molar-refractivity contribution in [2.24, 2.45) is 7.05 Å². The predicted octanol–water partition coefficient (Wildman–Crippen LogP) is 3.24. The number of imidazole rings is 1. The Morgan fingerprint density at radius 3 is 3.12 bits per heavy atom. The molecule has 1 aliphatic heterocycles. The zero-order chi connectivity index (χ0) is 16.5. The van der Waals surface area contributed by atoms with Crippen molar-refractivity contribution < 1.29 is 4.74 Å². The maximum atomic E-state index is 6.09. The molecule has 1 saturated heterocycles. The fourth-order valence-electron chi connectivity index (χ4n) is 3.26. The number of fused-ring (bicyclic) bond motifs is 1. The first-order valence-electron chi connectivity index (χ1n) is 8.08. The third kappa shape index (κ3) is 2.90. The van der Waals surface area contributed by atoms with Gasteiger partial charge in [0, 0.05) is 42.7 Å². The average Bonchev–Trinajstić information content (AvgIpc) is 3.19. The Balaban J connectivity index is 1.51. The first-order chi connectivity index (χ1) is 11.7. The molecule has 1 aliphatic rings. The summed E-state index contributed by atoms with van der Waals surface area (Å²) in [6.45, 7) is 1.45. The number of rotatable bonds is 4. The summed E-state index contributed by atoms with van der Waals surface area (Å²) in [5.74, 6) is 0.990. The van der Waals surface area contributed by atoms with E-state index >= 15 is 0 Å². The van der Waals surface area contributed by atoms with Crippen LogP contribution in [0, 0.1) is 0 Å². The first-order valence-corrected chi connectivity index (χ1v) is 8.46. The Kier molecular flexibility index (Phi) is 4.22. The molecule has 0 saturated carbocycles. The number of ether oxygens (including phenoxy) is 1. The molecule has 0 amide bonds. The molecule has 0 bridgehead atoms. The van der Waals surface area contributed by atoms with Gasteiger partial charge in [-0.3, -0.25) is 4.98 Å². The molecular weight excluding hydrogens is 324 g/mol. The molecule has 1 fully saturated rings. The minimum atomic E-state index is 0.0443. The van der Waals surface area contributed by atoms with Gasteiger partial charge in [0.1, 0.15) is 5.82 Å². The number of nitrogens with zero attached hydrogens (tertiary/aromatic N) is 3.